The molecule has 1 aliphatic rings. The summed E-state index contributed by atoms with van der Waals surface area (Å²) in [5.41, 5.74) is -0.920. The number of hydrogen-bond acceptors (Lipinski definition) is 3. The van der Waals surface area contributed by atoms with Crippen molar-refractivity contribution >= 4 is 5.91 Å². The van der Waals surface area contributed by atoms with Crippen LogP contribution in [0.2, 0.25) is 0 Å². The van der Waals surface area contributed by atoms with Gasteiger partial charge >= 0.3 is 6.18 Å². The zero-order valence-electron chi connectivity index (χ0n) is 11.4. The Hall–Kier alpha value is -1.63. The molecular formula is C14H17F3N2O2. The molecule has 4 nitrogen and oxygen atoms in total. The lowest BCUT2D eigenvalue weighted by atomic mass is 9.97. The van der Waals surface area contributed by atoms with Gasteiger partial charge in [0.1, 0.15) is 5.69 Å². The molecule has 1 aromatic heterocycles. The number of nitrogens with one attached hydrogen (secondary N) is 1. The minimum Gasteiger partial charge on any atom is -0.396 e. The Balaban J connectivity index is 1.91. The van der Waals surface area contributed by atoms with Gasteiger partial charge in [0, 0.05) is 19.3 Å². The highest BCUT2D eigenvalue weighted by Crippen LogP contribution is 2.30. The molecule has 116 valence electrons. The summed E-state index contributed by atoms with van der Waals surface area (Å²) in [6, 6.07) is 1.91. The van der Waals surface area contributed by atoms with Crippen LogP contribution in [0.15, 0.2) is 18.3 Å². The fourth-order valence-corrected chi connectivity index (χ4v) is 2.64. The van der Waals surface area contributed by atoms with Crippen molar-refractivity contribution in [3.63, 3.8) is 0 Å². The van der Waals surface area contributed by atoms with Crippen LogP contribution >= 0.6 is 0 Å². The maximum Gasteiger partial charge on any atom is 0.433 e. The minimum atomic E-state index is -4.51. The number of hydrogen-bond donors (Lipinski definition) is 2. The van der Waals surface area contributed by atoms with Crippen molar-refractivity contribution in [2.45, 2.75) is 25.4 Å². The van der Waals surface area contributed by atoms with Gasteiger partial charge in [-0.05, 0) is 36.8 Å². The van der Waals surface area contributed by atoms with E-state index in [1.54, 1.807) is 0 Å². The molecule has 1 aliphatic carbocycles. The van der Waals surface area contributed by atoms with Crippen LogP contribution in [0.5, 0.6) is 0 Å². The van der Waals surface area contributed by atoms with Gasteiger partial charge in [0.05, 0.1) is 5.56 Å². The van der Waals surface area contributed by atoms with Gasteiger partial charge in [-0.25, -0.2) is 0 Å². The molecule has 0 spiro atoms. The zero-order chi connectivity index (χ0) is 15.5. The molecule has 0 aromatic carbocycles. The summed E-state index contributed by atoms with van der Waals surface area (Å²) >= 11 is 0. The Morgan fingerprint density at radius 3 is 2.62 bits per heavy atom. The van der Waals surface area contributed by atoms with Crippen LogP contribution in [0.3, 0.4) is 0 Å². The van der Waals surface area contributed by atoms with Gasteiger partial charge in [-0.2, -0.15) is 13.2 Å². The zero-order valence-corrected chi connectivity index (χ0v) is 11.4. The van der Waals surface area contributed by atoms with Crippen molar-refractivity contribution in [3.05, 3.63) is 29.6 Å². The van der Waals surface area contributed by atoms with E-state index < -0.39 is 17.8 Å². The second-order valence-electron chi connectivity index (χ2n) is 5.27. The van der Waals surface area contributed by atoms with Gasteiger partial charge in [0.25, 0.3) is 5.91 Å². The maximum absolute atomic E-state index is 12.4. The van der Waals surface area contributed by atoms with E-state index >= 15 is 0 Å². The predicted molar refractivity (Wildman–Crippen MR) is 69.5 cm³/mol. The molecule has 0 aliphatic heterocycles. The van der Waals surface area contributed by atoms with Gasteiger partial charge in [-0.3, -0.25) is 9.78 Å². The van der Waals surface area contributed by atoms with E-state index in [-0.39, 0.29) is 24.0 Å². The van der Waals surface area contributed by atoms with Crippen molar-refractivity contribution in [1.29, 1.82) is 0 Å². The second-order valence-corrected chi connectivity index (χ2v) is 5.27. The number of halogens is 3. The summed E-state index contributed by atoms with van der Waals surface area (Å²) in [6.45, 7) is 0.521. The molecular weight excluding hydrogens is 285 g/mol. The number of carbonyl (C=O) groups is 1. The molecule has 2 N–H and O–H groups in total. The fraction of sp³-hybridized carbons (Fsp3) is 0.571. The Bertz CT molecular complexity index is 488. The topological polar surface area (TPSA) is 62.2 Å². The number of nitrogens with zero attached hydrogens (tertiary/aromatic N) is 1. The SMILES string of the molecule is O=C(NCC1CCCC1CO)c1ccc(C(F)(F)F)nc1. The highest BCUT2D eigenvalue weighted by atomic mass is 19.4. The van der Waals surface area contributed by atoms with Crippen molar-refractivity contribution in [3.8, 4) is 0 Å². The molecule has 1 aromatic rings. The number of pyridine rings is 1. The first-order valence-electron chi connectivity index (χ1n) is 6.84. The number of amides is 1. The van der Waals surface area contributed by atoms with Crippen LogP contribution in [0.25, 0.3) is 0 Å². The molecule has 21 heavy (non-hydrogen) atoms. The first-order chi connectivity index (χ1) is 9.91. The predicted octanol–water partition coefficient (Wildman–Crippen LogP) is 2.24. The number of carbonyl (C=O) groups excluding carboxylic acids is 1. The Kier molecular flexibility index (Phi) is 4.82. The number of alkyl halides is 3. The average molecular weight is 302 g/mol. The van der Waals surface area contributed by atoms with Gasteiger partial charge in [0.2, 0.25) is 0 Å². The molecule has 2 unspecified atom stereocenters. The van der Waals surface area contributed by atoms with E-state index in [9.17, 15) is 23.1 Å². The van der Waals surface area contributed by atoms with E-state index in [1.807, 2.05) is 0 Å². The van der Waals surface area contributed by atoms with Crippen molar-refractivity contribution in [2.24, 2.45) is 11.8 Å². The molecule has 0 bridgehead atoms. The van der Waals surface area contributed by atoms with Crippen molar-refractivity contribution in [1.82, 2.24) is 10.3 Å². The first-order valence-corrected chi connectivity index (χ1v) is 6.84. The standard InChI is InChI=1S/C14H17F3N2O2/c15-14(16,17)12-5-4-10(7-18-12)13(21)19-6-9-2-1-3-11(9)8-20/h4-5,7,9,11,20H,1-3,6,8H2,(H,19,21). The van der Waals surface area contributed by atoms with E-state index in [0.29, 0.717) is 6.54 Å². The van der Waals surface area contributed by atoms with Gasteiger partial charge < -0.3 is 10.4 Å². The lowest BCUT2D eigenvalue weighted by Gasteiger charge is -2.17. The first kappa shape index (κ1) is 15.8. The van der Waals surface area contributed by atoms with Gasteiger partial charge in [-0.15, -0.1) is 0 Å². The number of aliphatic hydroxyl groups is 1. The Morgan fingerprint density at radius 2 is 2.05 bits per heavy atom. The average Bonchev–Trinajstić information content (AvgIpc) is 2.91. The van der Waals surface area contributed by atoms with Crippen molar-refractivity contribution < 1.29 is 23.1 Å². The summed E-state index contributed by atoms with van der Waals surface area (Å²) in [4.78, 5) is 15.1. The van der Waals surface area contributed by atoms with Gasteiger partial charge in [0.15, 0.2) is 0 Å². The Morgan fingerprint density at radius 1 is 1.33 bits per heavy atom. The molecule has 7 heteroatoms. The van der Waals surface area contributed by atoms with Crippen LogP contribution in [-0.4, -0.2) is 29.1 Å². The second kappa shape index (κ2) is 6.43. The summed E-state index contributed by atoms with van der Waals surface area (Å²) in [7, 11) is 0. The molecule has 1 amide bonds. The van der Waals surface area contributed by atoms with Crippen LogP contribution < -0.4 is 5.32 Å². The highest BCUT2D eigenvalue weighted by molar-refractivity contribution is 5.93. The van der Waals surface area contributed by atoms with Crippen LogP contribution in [0.1, 0.15) is 35.3 Å². The highest BCUT2D eigenvalue weighted by Gasteiger charge is 2.32. The summed E-state index contributed by atoms with van der Waals surface area (Å²) in [5.74, 6) is -0.0304. The smallest absolute Gasteiger partial charge is 0.396 e. The summed E-state index contributed by atoms with van der Waals surface area (Å²) < 4.78 is 37.1. The molecule has 1 fully saturated rings. The summed E-state index contributed by atoms with van der Waals surface area (Å²) in [6.07, 6.45) is -0.674. The molecule has 1 saturated carbocycles. The molecule has 2 atom stereocenters. The number of aliphatic hydroxyl groups excluding tert-OH is 1. The third-order valence-corrected chi connectivity index (χ3v) is 3.89. The molecule has 2 rings (SSSR count). The fourth-order valence-electron chi connectivity index (χ4n) is 2.64. The monoisotopic (exact) mass is 302 g/mol. The van der Waals surface area contributed by atoms with E-state index in [4.69, 9.17) is 0 Å². The quantitative estimate of drug-likeness (QED) is 0.896. The third kappa shape index (κ3) is 3.93. The van der Waals surface area contributed by atoms with Gasteiger partial charge in [-0.1, -0.05) is 6.42 Å². The van der Waals surface area contributed by atoms with Crippen molar-refractivity contribution in [2.75, 3.05) is 13.2 Å². The lowest BCUT2D eigenvalue weighted by molar-refractivity contribution is -0.141. The largest absolute Gasteiger partial charge is 0.433 e. The number of aromatic nitrogens is 1. The number of rotatable bonds is 4. The summed E-state index contributed by atoms with van der Waals surface area (Å²) in [5, 5.41) is 11.9. The molecule has 1 heterocycles. The van der Waals surface area contributed by atoms with E-state index in [1.165, 1.54) is 0 Å². The minimum absolute atomic E-state index is 0.0987. The van der Waals surface area contributed by atoms with Crippen LogP contribution in [-0.2, 0) is 6.18 Å². The normalized spacial score (nSPS) is 22.3. The maximum atomic E-state index is 12.4. The van der Waals surface area contributed by atoms with E-state index in [2.05, 4.69) is 10.3 Å². The van der Waals surface area contributed by atoms with Crippen LogP contribution in [0.4, 0.5) is 13.2 Å². The van der Waals surface area contributed by atoms with Crippen LogP contribution in [0, 0.1) is 11.8 Å². The third-order valence-electron chi connectivity index (χ3n) is 3.89. The molecule has 0 saturated heterocycles. The van der Waals surface area contributed by atoms with E-state index in [0.717, 1.165) is 37.6 Å². The Labute approximate surface area is 120 Å². The molecule has 0 radical (unpaired) electrons. The lowest BCUT2D eigenvalue weighted by Crippen LogP contribution is -2.31.